The molecular weight excluding hydrogens is 299 g/mol. The number of rotatable bonds is 5. The maximum atomic E-state index is 13.7. The van der Waals surface area contributed by atoms with E-state index in [-0.39, 0.29) is 31.1 Å². The van der Waals surface area contributed by atoms with Crippen molar-refractivity contribution in [3.8, 4) is 11.5 Å². The Morgan fingerprint density at radius 1 is 1.22 bits per heavy atom. The van der Waals surface area contributed by atoms with Crippen LogP contribution in [0.25, 0.3) is 0 Å². The van der Waals surface area contributed by atoms with Gasteiger partial charge in [0.05, 0.1) is 6.54 Å². The summed E-state index contributed by atoms with van der Waals surface area (Å²) in [4.78, 5) is 12.0. The number of amides is 1. The van der Waals surface area contributed by atoms with Crippen molar-refractivity contribution in [3.63, 3.8) is 0 Å². The van der Waals surface area contributed by atoms with Crippen LogP contribution in [0.5, 0.6) is 11.5 Å². The summed E-state index contributed by atoms with van der Waals surface area (Å²) in [5.41, 5.74) is 1.16. The summed E-state index contributed by atoms with van der Waals surface area (Å²) in [6.07, 6.45) is 0. The van der Waals surface area contributed by atoms with Crippen LogP contribution in [0.15, 0.2) is 42.5 Å². The SMILES string of the molecule is C[C@@H](NCC(=O)Nc1ccc2c(c1)OCO2)c1ccccc1F. The summed E-state index contributed by atoms with van der Waals surface area (Å²) in [6.45, 7) is 2.07. The number of halogens is 1. The minimum Gasteiger partial charge on any atom is -0.454 e. The Bertz CT molecular complexity index is 721. The third kappa shape index (κ3) is 3.60. The molecule has 0 unspecified atom stereocenters. The Labute approximate surface area is 133 Å². The molecule has 0 bridgehead atoms. The molecule has 3 rings (SSSR count). The van der Waals surface area contributed by atoms with Gasteiger partial charge < -0.3 is 20.1 Å². The minimum atomic E-state index is -0.288. The highest BCUT2D eigenvalue weighted by Gasteiger charge is 2.15. The Hall–Kier alpha value is -2.60. The number of fused-ring (bicyclic) bond motifs is 1. The molecule has 1 heterocycles. The standard InChI is InChI=1S/C17H17FN2O3/c1-11(13-4-2-3-5-14(13)18)19-9-17(21)20-12-6-7-15-16(8-12)23-10-22-15/h2-8,11,19H,9-10H2,1H3,(H,20,21)/t11-/m1/s1. The topological polar surface area (TPSA) is 59.6 Å². The van der Waals surface area contributed by atoms with Crippen molar-refractivity contribution in [1.29, 1.82) is 0 Å². The fourth-order valence-electron chi connectivity index (χ4n) is 2.36. The highest BCUT2D eigenvalue weighted by molar-refractivity contribution is 5.92. The van der Waals surface area contributed by atoms with Crippen LogP contribution in [0.4, 0.5) is 10.1 Å². The second-order valence-electron chi connectivity index (χ2n) is 5.24. The molecule has 23 heavy (non-hydrogen) atoms. The van der Waals surface area contributed by atoms with Gasteiger partial charge in [-0.25, -0.2) is 4.39 Å². The molecule has 5 nitrogen and oxygen atoms in total. The molecule has 0 fully saturated rings. The van der Waals surface area contributed by atoms with Gasteiger partial charge >= 0.3 is 0 Å². The summed E-state index contributed by atoms with van der Waals surface area (Å²) in [5, 5.41) is 5.77. The Balaban J connectivity index is 1.54. The molecule has 0 aliphatic carbocycles. The van der Waals surface area contributed by atoms with Crippen LogP contribution in [0.2, 0.25) is 0 Å². The lowest BCUT2D eigenvalue weighted by Gasteiger charge is -2.15. The first-order valence-corrected chi connectivity index (χ1v) is 7.31. The van der Waals surface area contributed by atoms with E-state index in [4.69, 9.17) is 9.47 Å². The fourth-order valence-corrected chi connectivity index (χ4v) is 2.36. The van der Waals surface area contributed by atoms with Crippen molar-refractivity contribution in [2.75, 3.05) is 18.7 Å². The number of hydrogen-bond acceptors (Lipinski definition) is 4. The molecule has 1 amide bonds. The van der Waals surface area contributed by atoms with Gasteiger partial charge in [0.2, 0.25) is 12.7 Å². The number of benzene rings is 2. The molecule has 2 N–H and O–H groups in total. The second-order valence-corrected chi connectivity index (χ2v) is 5.24. The van der Waals surface area contributed by atoms with Crippen LogP contribution >= 0.6 is 0 Å². The predicted octanol–water partition coefficient (Wildman–Crippen LogP) is 2.84. The summed E-state index contributed by atoms with van der Waals surface area (Å²) in [5.74, 6) is 0.764. The van der Waals surface area contributed by atoms with Crippen LogP contribution in [0.1, 0.15) is 18.5 Å². The third-order valence-corrected chi connectivity index (χ3v) is 3.60. The maximum absolute atomic E-state index is 13.7. The minimum absolute atomic E-state index is 0.0734. The van der Waals surface area contributed by atoms with Crippen molar-refractivity contribution in [2.24, 2.45) is 0 Å². The van der Waals surface area contributed by atoms with E-state index in [1.54, 1.807) is 36.4 Å². The lowest BCUT2D eigenvalue weighted by Crippen LogP contribution is -2.30. The Morgan fingerprint density at radius 3 is 2.83 bits per heavy atom. The van der Waals surface area contributed by atoms with E-state index < -0.39 is 0 Å². The predicted molar refractivity (Wildman–Crippen MR) is 84.0 cm³/mol. The van der Waals surface area contributed by atoms with E-state index >= 15 is 0 Å². The average molecular weight is 316 g/mol. The van der Waals surface area contributed by atoms with Gasteiger partial charge in [0.15, 0.2) is 11.5 Å². The quantitative estimate of drug-likeness (QED) is 0.890. The van der Waals surface area contributed by atoms with Crippen molar-refractivity contribution < 1.29 is 18.7 Å². The number of ether oxygens (including phenoxy) is 2. The molecule has 1 atom stereocenters. The number of nitrogens with one attached hydrogen (secondary N) is 2. The lowest BCUT2D eigenvalue weighted by molar-refractivity contribution is -0.115. The first-order valence-electron chi connectivity index (χ1n) is 7.31. The molecule has 2 aromatic carbocycles. The smallest absolute Gasteiger partial charge is 0.238 e. The van der Waals surface area contributed by atoms with Gasteiger partial charge in [-0.1, -0.05) is 18.2 Å². The highest BCUT2D eigenvalue weighted by atomic mass is 19.1. The molecule has 6 heteroatoms. The second kappa shape index (κ2) is 6.66. The maximum Gasteiger partial charge on any atom is 0.238 e. The number of hydrogen-bond donors (Lipinski definition) is 2. The molecule has 120 valence electrons. The van der Waals surface area contributed by atoms with Gasteiger partial charge in [-0.2, -0.15) is 0 Å². The summed E-state index contributed by atoms with van der Waals surface area (Å²) >= 11 is 0. The van der Waals surface area contributed by atoms with E-state index in [9.17, 15) is 9.18 Å². The molecule has 1 aliphatic heterocycles. The monoisotopic (exact) mass is 316 g/mol. The number of carbonyl (C=O) groups excluding carboxylic acids is 1. The molecule has 1 aliphatic rings. The molecule has 0 aromatic heterocycles. The zero-order chi connectivity index (χ0) is 16.2. The number of anilines is 1. The van der Waals surface area contributed by atoms with Crippen LogP contribution in [-0.2, 0) is 4.79 Å². The lowest BCUT2D eigenvalue weighted by atomic mass is 10.1. The summed E-state index contributed by atoms with van der Waals surface area (Å²) in [6, 6.07) is 11.4. The zero-order valence-corrected chi connectivity index (χ0v) is 12.6. The molecular formula is C17H17FN2O3. The van der Waals surface area contributed by atoms with Gasteiger partial charge in [-0.3, -0.25) is 4.79 Å². The molecule has 0 spiro atoms. The molecule has 0 radical (unpaired) electrons. The zero-order valence-electron chi connectivity index (χ0n) is 12.6. The van der Waals surface area contributed by atoms with Gasteiger partial charge in [0.1, 0.15) is 5.82 Å². The van der Waals surface area contributed by atoms with Crippen molar-refractivity contribution in [1.82, 2.24) is 5.32 Å². The first kappa shape index (κ1) is 15.3. The van der Waals surface area contributed by atoms with Gasteiger partial charge in [0.25, 0.3) is 0 Å². The average Bonchev–Trinajstić information content (AvgIpc) is 3.01. The van der Waals surface area contributed by atoms with Gasteiger partial charge in [-0.15, -0.1) is 0 Å². The van der Waals surface area contributed by atoms with E-state index in [1.165, 1.54) is 6.07 Å². The van der Waals surface area contributed by atoms with Crippen molar-refractivity contribution in [2.45, 2.75) is 13.0 Å². The van der Waals surface area contributed by atoms with Crippen LogP contribution in [-0.4, -0.2) is 19.2 Å². The molecule has 2 aromatic rings. The molecule has 0 saturated heterocycles. The summed E-state index contributed by atoms with van der Waals surface area (Å²) < 4.78 is 24.1. The fraction of sp³-hybridized carbons (Fsp3) is 0.235. The Kier molecular flexibility index (Phi) is 4.43. The largest absolute Gasteiger partial charge is 0.454 e. The van der Waals surface area contributed by atoms with E-state index in [0.29, 0.717) is 22.7 Å². The third-order valence-electron chi connectivity index (χ3n) is 3.60. The van der Waals surface area contributed by atoms with E-state index in [2.05, 4.69) is 10.6 Å². The normalized spacial score (nSPS) is 13.7. The van der Waals surface area contributed by atoms with E-state index in [1.807, 2.05) is 6.92 Å². The van der Waals surface area contributed by atoms with Crippen molar-refractivity contribution >= 4 is 11.6 Å². The van der Waals surface area contributed by atoms with E-state index in [0.717, 1.165) is 0 Å². The van der Waals surface area contributed by atoms with Gasteiger partial charge in [0, 0.05) is 23.4 Å². The summed E-state index contributed by atoms with van der Waals surface area (Å²) in [7, 11) is 0. The van der Waals surface area contributed by atoms with Crippen LogP contribution in [0.3, 0.4) is 0 Å². The van der Waals surface area contributed by atoms with Crippen molar-refractivity contribution in [3.05, 3.63) is 53.8 Å². The first-order chi connectivity index (χ1) is 11.1. The highest BCUT2D eigenvalue weighted by Crippen LogP contribution is 2.34. The molecule has 0 saturated carbocycles. The van der Waals surface area contributed by atoms with Crippen LogP contribution < -0.4 is 20.1 Å². The Morgan fingerprint density at radius 2 is 2.00 bits per heavy atom. The van der Waals surface area contributed by atoms with Gasteiger partial charge in [-0.05, 0) is 25.1 Å². The number of carbonyl (C=O) groups is 1. The van der Waals surface area contributed by atoms with Crippen LogP contribution in [0, 0.1) is 5.82 Å².